The number of methoxy groups -OCH3 is 1. The molecule has 1 unspecified atom stereocenters. The van der Waals surface area contributed by atoms with Gasteiger partial charge >= 0.3 is 17.7 Å². The highest BCUT2D eigenvalue weighted by Crippen LogP contribution is 2.40. The number of carbonyl (C=O) groups is 2. The highest BCUT2D eigenvalue weighted by Gasteiger charge is 2.65. The molecule has 0 aromatic heterocycles. The number of carbonyl (C=O) groups excluding carboxylic acids is 2. The van der Waals surface area contributed by atoms with Crippen molar-refractivity contribution in [1.82, 2.24) is 0 Å². The van der Waals surface area contributed by atoms with Crippen molar-refractivity contribution in [2.75, 3.05) is 7.11 Å². The van der Waals surface area contributed by atoms with Crippen LogP contribution in [-0.4, -0.2) is 35.5 Å². The van der Waals surface area contributed by atoms with E-state index in [4.69, 9.17) is 0 Å². The molecule has 0 aromatic carbocycles. The second-order valence-corrected chi connectivity index (χ2v) is 4.25. The molecule has 0 N–H and O–H groups in total. The van der Waals surface area contributed by atoms with Gasteiger partial charge in [-0.15, -0.1) is 0 Å². The number of nitrogens with zero attached hydrogens (tertiary/aromatic N) is 1. The summed E-state index contributed by atoms with van der Waals surface area (Å²) in [5, 5.41) is 10.9. The number of Topliss-reactive ketones (excluding diaryl/α,β-unsaturated/α-hetero) is 1. The number of hydrogen-bond donors (Lipinski definition) is 0. The number of rotatable bonds is 8. The van der Waals surface area contributed by atoms with Crippen LogP contribution in [0, 0.1) is 10.1 Å². The van der Waals surface area contributed by atoms with Crippen LogP contribution in [0.2, 0.25) is 0 Å². The van der Waals surface area contributed by atoms with Gasteiger partial charge in [-0.05, 0) is 0 Å². The first-order valence-electron chi connectivity index (χ1n) is 5.90. The Morgan fingerprint density at radius 1 is 1.20 bits per heavy atom. The maximum atomic E-state index is 13.0. The molecule has 20 heavy (non-hydrogen) atoms. The Hall–Kier alpha value is -1.67. The van der Waals surface area contributed by atoms with Gasteiger partial charge in [0.15, 0.2) is 0 Å². The van der Waals surface area contributed by atoms with Crippen LogP contribution >= 0.6 is 0 Å². The van der Waals surface area contributed by atoms with Crippen LogP contribution in [0.25, 0.3) is 0 Å². The molecule has 0 radical (unpaired) electrons. The Morgan fingerprint density at radius 3 is 2.05 bits per heavy atom. The first-order valence-corrected chi connectivity index (χ1v) is 5.90. The normalized spacial score (nSPS) is 14.4. The van der Waals surface area contributed by atoms with E-state index >= 15 is 0 Å². The van der Waals surface area contributed by atoms with Gasteiger partial charge < -0.3 is 4.74 Å². The van der Waals surface area contributed by atoms with Crippen LogP contribution in [0.15, 0.2) is 0 Å². The molecule has 0 spiro atoms. The van der Waals surface area contributed by atoms with Crippen LogP contribution in [-0.2, 0) is 14.3 Å². The van der Waals surface area contributed by atoms with E-state index in [0.29, 0.717) is 0 Å². The molecule has 0 aliphatic heterocycles. The average molecular weight is 299 g/mol. The fourth-order valence-electron chi connectivity index (χ4n) is 1.63. The van der Waals surface area contributed by atoms with Gasteiger partial charge in [0.25, 0.3) is 0 Å². The van der Waals surface area contributed by atoms with Crippen molar-refractivity contribution in [3.8, 4) is 0 Å². The third-order valence-corrected chi connectivity index (χ3v) is 3.06. The van der Waals surface area contributed by atoms with Crippen LogP contribution < -0.4 is 0 Å². The van der Waals surface area contributed by atoms with Gasteiger partial charge in [-0.1, -0.05) is 6.92 Å². The van der Waals surface area contributed by atoms with Gasteiger partial charge in [0.2, 0.25) is 0 Å². The molecular weight excluding hydrogens is 283 g/mol. The maximum absolute atomic E-state index is 13.0. The number of hydrogen-bond acceptors (Lipinski definition) is 5. The zero-order chi connectivity index (χ0) is 16.0. The molecular formula is C11H16F3NO5. The van der Waals surface area contributed by atoms with E-state index < -0.39 is 54.1 Å². The Morgan fingerprint density at radius 2 is 1.70 bits per heavy atom. The number of alkyl halides is 3. The SMILES string of the molecule is CCC(=O)CCC(CCC(=O)OC)([N+](=O)[O-])C(F)(F)F. The van der Waals surface area contributed by atoms with Crippen LogP contribution in [0.3, 0.4) is 0 Å². The van der Waals surface area contributed by atoms with Crippen LogP contribution in [0.4, 0.5) is 13.2 Å². The summed E-state index contributed by atoms with van der Waals surface area (Å²) in [7, 11) is 0.977. The molecule has 0 saturated heterocycles. The minimum absolute atomic E-state index is 0.00263. The van der Waals surface area contributed by atoms with Crippen molar-refractivity contribution in [2.45, 2.75) is 50.7 Å². The maximum Gasteiger partial charge on any atom is 0.460 e. The molecule has 0 saturated carbocycles. The van der Waals surface area contributed by atoms with E-state index in [9.17, 15) is 32.9 Å². The highest BCUT2D eigenvalue weighted by atomic mass is 19.4. The second-order valence-electron chi connectivity index (χ2n) is 4.25. The van der Waals surface area contributed by atoms with E-state index in [-0.39, 0.29) is 6.42 Å². The lowest BCUT2D eigenvalue weighted by molar-refractivity contribution is -0.615. The van der Waals surface area contributed by atoms with E-state index in [1.165, 1.54) is 6.92 Å². The number of esters is 1. The summed E-state index contributed by atoms with van der Waals surface area (Å²) >= 11 is 0. The lowest BCUT2D eigenvalue weighted by Crippen LogP contribution is -2.52. The average Bonchev–Trinajstić information content (AvgIpc) is 2.36. The van der Waals surface area contributed by atoms with Crippen LogP contribution in [0.1, 0.15) is 39.0 Å². The lowest BCUT2D eigenvalue weighted by Gasteiger charge is -2.27. The molecule has 0 amide bonds. The first kappa shape index (κ1) is 18.3. The smallest absolute Gasteiger partial charge is 0.460 e. The second kappa shape index (κ2) is 7.20. The third-order valence-electron chi connectivity index (χ3n) is 3.06. The van der Waals surface area contributed by atoms with Crippen molar-refractivity contribution in [3.05, 3.63) is 10.1 Å². The Bertz CT molecular complexity index is 361. The monoisotopic (exact) mass is 299 g/mol. The molecule has 0 aliphatic rings. The van der Waals surface area contributed by atoms with Gasteiger partial charge in [-0.3, -0.25) is 19.7 Å². The van der Waals surface area contributed by atoms with Crippen molar-refractivity contribution >= 4 is 11.8 Å². The molecule has 0 rings (SSSR count). The standard InChI is InChI=1S/C11H16F3NO5/c1-3-8(16)4-6-10(15(18)19,11(12,13)14)7-5-9(17)20-2/h3-7H2,1-2H3. The highest BCUT2D eigenvalue weighted by molar-refractivity contribution is 5.78. The van der Waals surface area contributed by atoms with Crippen molar-refractivity contribution in [2.24, 2.45) is 0 Å². The zero-order valence-electron chi connectivity index (χ0n) is 11.2. The first-order chi connectivity index (χ1) is 9.10. The fourth-order valence-corrected chi connectivity index (χ4v) is 1.63. The zero-order valence-corrected chi connectivity index (χ0v) is 11.2. The summed E-state index contributed by atoms with van der Waals surface area (Å²) in [4.78, 5) is 31.5. The van der Waals surface area contributed by atoms with Crippen molar-refractivity contribution < 1.29 is 32.4 Å². The summed E-state index contributed by atoms with van der Waals surface area (Å²) in [5.41, 5.74) is -3.30. The Kier molecular flexibility index (Phi) is 6.60. The molecule has 0 aliphatic carbocycles. The largest absolute Gasteiger partial charge is 0.469 e. The van der Waals surface area contributed by atoms with Gasteiger partial charge in [-0.25, -0.2) is 0 Å². The minimum Gasteiger partial charge on any atom is -0.469 e. The molecule has 1 atom stereocenters. The van der Waals surface area contributed by atoms with Crippen molar-refractivity contribution in [3.63, 3.8) is 0 Å². The summed E-state index contributed by atoms with van der Waals surface area (Å²) in [6.45, 7) is 1.46. The van der Waals surface area contributed by atoms with Crippen molar-refractivity contribution in [1.29, 1.82) is 0 Å². The molecule has 0 aromatic rings. The number of ether oxygens (including phenoxy) is 1. The van der Waals surface area contributed by atoms with Gasteiger partial charge in [0, 0.05) is 30.6 Å². The predicted molar refractivity (Wildman–Crippen MR) is 61.6 cm³/mol. The molecule has 0 fully saturated rings. The van der Waals surface area contributed by atoms with E-state index in [1.807, 2.05) is 0 Å². The lowest BCUT2D eigenvalue weighted by atomic mass is 9.87. The van der Waals surface area contributed by atoms with Gasteiger partial charge in [0.05, 0.1) is 13.5 Å². The third kappa shape index (κ3) is 4.46. The topological polar surface area (TPSA) is 86.5 Å². The summed E-state index contributed by atoms with van der Waals surface area (Å²) < 4.78 is 43.3. The fraction of sp³-hybridized carbons (Fsp3) is 0.818. The van der Waals surface area contributed by atoms with Gasteiger partial charge in [-0.2, -0.15) is 13.2 Å². The van der Waals surface area contributed by atoms with E-state index in [0.717, 1.165) is 7.11 Å². The molecule has 0 bridgehead atoms. The summed E-state index contributed by atoms with van der Waals surface area (Å²) in [6, 6.07) is 0. The molecule has 116 valence electrons. The number of ketones is 1. The van der Waals surface area contributed by atoms with E-state index in [2.05, 4.69) is 4.74 Å². The van der Waals surface area contributed by atoms with Gasteiger partial charge in [0.1, 0.15) is 5.78 Å². The Balaban J connectivity index is 5.22. The molecule has 9 heteroatoms. The quantitative estimate of drug-likeness (QED) is 0.390. The number of halogens is 3. The summed E-state index contributed by atoms with van der Waals surface area (Å²) in [6.07, 6.45) is -8.48. The molecule has 6 nitrogen and oxygen atoms in total. The van der Waals surface area contributed by atoms with E-state index in [1.54, 1.807) is 0 Å². The molecule has 0 heterocycles. The predicted octanol–water partition coefficient (Wildman–Crippen LogP) is 2.28. The van der Waals surface area contributed by atoms with Crippen LogP contribution in [0.5, 0.6) is 0 Å². The number of nitro groups is 1. The Labute approximate surface area is 113 Å². The minimum atomic E-state index is -5.15. The summed E-state index contributed by atoms with van der Waals surface area (Å²) in [5.74, 6) is -1.47.